The highest BCUT2D eigenvalue weighted by molar-refractivity contribution is 7.92. The van der Waals surface area contributed by atoms with E-state index in [1.807, 2.05) is 31.2 Å². The molecule has 2 heterocycles. The monoisotopic (exact) mass is 489 g/mol. The second-order valence-corrected chi connectivity index (χ2v) is 9.62. The summed E-state index contributed by atoms with van der Waals surface area (Å²) in [4.78, 5) is 4.50. The Morgan fingerprint density at radius 2 is 1.86 bits per heavy atom. The number of benzene rings is 3. The lowest BCUT2D eigenvalue weighted by molar-refractivity contribution is 0.415. The molecule has 3 aromatic carbocycles. The standard InChI is InChI=1S/C26H20FN3O4S/c1-16-4-3-5-17(12-16)21-15-24(33-2)22(14-23(21)27)26-20-7-6-19(13-18(20)8-10-28-26)35(31,32)30-25-9-11-34-29-25/h3-15H,1-2H3,(H,29,30). The molecular formula is C26H20FN3O4S. The van der Waals surface area contributed by atoms with Crippen LogP contribution in [-0.4, -0.2) is 25.7 Å². The van der Waals surface area contributed by atoms with Gasteiger partial charge in [-0.25, -0.2) is 12.8 Å². The van der Waals surface area contributed by atoms with Crippen molar-refractivity contribution in [1.82, 2.24) is 10.1 Å². The Bertz CT molecular complexity index is 1650. The summed E-state index contributed by atoms with van der Waals surface area (Å²) in [5.74, 6) is 0.114. The summed E-state index contributed by atoms with van der Waals surface area (Å²) >= 11 is 0. The Kier molecular flexibility index (Phi) is 5.70. The second-order valence-electron chi connectivity index (χ2n) is 7.93. The lowest BCUT2D eigenvalue weighted by Gasteiger charge is -2.14. The van der Waals surface area contributed by atoms with E-state index in [9.17, 15) is 8.42 Å². The van der Waals surface area contributed by atoms with E-state index >= 15 is 4.39 Å². The van der Waals surface area contributed by atoms with E-state index in [1.54, 1.807) is 24.4 Å². The van der Waals surface area contributed by atoms with Gasteiger partial charge in [-0.15, -0.1) is 0 Å². The minimum atomic E-state index is -3.89. The molecule has 0 aliphatic rings. The van der Waals surface area contributed by atoms with E-state index < -0.39 is 15.8 Å². The van der Waals surface area contributed by atoms with Crippen molar-refractivity contribution in [3.05, 3.63) is 90.6 Å². The number of halogens is 1. The van der Waals surface area contributed by atoms with Crippen molar-refractivity contribution in [1.29, 1.82) is 0 Å². The van der Waals surface area contributed by atoms with Crippen molar-refractivity contribution < 1.29 is 22.1 Å². The number of sulfonamides is 1. The van der Waals surface area contributed by atoms with E-state index in [-0.39, 0.29) is 10.7 Å². The number of hydrogen-bond donors (Lipinski definition) is 1. The summed E-state index contributed by atoms with van der Waals surface area (Å²) in [6.45, 7) is 1.95. The molecule has 1 N–H and O–H groups in total. The number of nitrogens with zero attached hydrogens (tertiary/aromatic N) is 2. The fourth-order valence-corrected chi connectivity index (χ4v) is 4.97. The summed E-state index contributed by atoms with van der Waals surface area (Å²) < 4.78 is 53.4. The van der Waals surface area contributed by atoms with E-state index in [0.717, 1.165) is 11.1 Å². The third kappa shape index (κ3) is 4.33. The molecular weight excluding hydrogens is 469 g/mol. The fourth-order valence-electron chi connectivity index (χ4n) is 3.94. The number of rotatable bonds is 6. The second kappa shape index (κ2) is 8.84. The van der Waals surface area contributed by atoms with Crippen molar-refractivity contribution in [2.75, 3.05) is 11.8 Å². The minimum absolute atomic E-state index is 0.0399. The SMILES string of the molecule is COc1cc(-c2cccc(C)c2)c(F)cc1-c1nccc2cc(S(=O)(=O)Nc3ccon3)ccc12. The maximum atomic E-state index is 15.3. The Hall–Kier alpha value is -4.24. The van der Waals surface area contributed by atoms with Gasteiger partial charge in [-0.05, 0) is 48.2 Å². The van der Waals surface area contributed by atoms with Gasteiger partial charge < -0.3 is 9.26 Å². The van der Waals surface area contributed by atoms with Gasteiger partial charge in [-0.3, -0.25) is 9.71 Å². The molecule has 5 aromatic rings. The summed E-state index contributed by atoms with van der Waals surface area (Å²) in [5.41, 5.74) is 3.12. The third-order valence-electron chi connectivity index (χ3n) is 5.60. The molecule has 35 heavy (non-hydrogen) atoms. The number of methoxy groups -OCH3 is 1. The molecule has 7 nitrogen and oxygen atoms in total. The topological polar surface area (TPSA) is 94.3 Å². The maximum Gasteiger partial charge on any atom is 0.263 e. The summed E-state index contributed by atoms with van der Waals surface area (Å²) in [5, 5.41) is 4.84. The van der Waals surface area contributed by atoms with Gasteiger partial charge in [0.05, 0.1) is 17.7 Å². The summed E-state index contributed by atoms with van der Waals surface area (Å²) in [6, 6.07) is 18.3. The first-order valence-electron chi connectivity index (χ1n) is 10.6. The van der Waals surface area contributed by atoms with Crippen molar-refractivity contribution in [3.8, 4) is 28.1 Å². The molecule has 0 aliphatic heterocycles. The summed E-state index contributed by atoms with van der Waals surface area (Å²) in [7, 11) is -2.37. The Morgan fingerprint density at radius 1 is 1.00 bits per heavy atom. The molecule has 0 atom stereocenters. The molecule has 0 saturated heterocycles. The molecule has 176 valence electrons. The molecule has 9 heteroatoms. The normalized spacial score (nSPS) is 11.5. The van der Waals surface area contributed by atoms with Crippen LogP contribution in [0.25, 0.3) is 33.2 Å². The van der Waals surface area contributed by atoms with Gasteiger partial charge in [0.1, 0.15) is 17.8 Å². The quantitative estimate of drug-likeness (QED) is 0.323. The van der Waals surface area contributed by atoms with Crippen LogP contribution in [0.1, 0.15) is 5.56 Å². The van der Waals surface area contributed by atoms with E-state index in [2.05, 4.69) is 19.4 Å². The average Bonchev–Trinajstić information content (AvgIpc) is 3.35. The third-order valence-corrected chi connectivity index (χ3v) is 6.95. The maximum absolute atomic E-state index is 15.3. The van der Waals surface area contributed by atoms with Crippen LogP contribution in [0.2, 0.25) is 0 Å². The molecule has 0 fully saturated rings. The lowest BCUT2D eigenvalue weighted by atomic mass is 9.97. The molecule has 0 unspecified atom stereocenters. The highest BCUT2D eigenvalue weighted by Crippen LogP contribution is 2.38. The molecule has 0 aliphatic carbocycles. The molecule has 0 spiro atoms. The van der Waals surface area contributed by atoms with Gasteiger partial charge >= 0.3 is 0 Å². The average molecular weight is 490 g/mol. The van der Waals surface area contributed by atoms with Crippen LogP contribution in [0, 0.1) is 12.7 Å². The van der Waals surface area contributed by atoms with Crippen LogP contribution in [0.3, 0.4) is 0 Å². The van der Waals surface area contributed by atoms with Gasteiger partial charge in [0.15, 0.2) is 5.82 Å². The first kappa shape index (κ1) is 22.5. The molecule has 2 aromatic heterocycles. The van der Waals surface area contributed by atoms with Crippen molar-refractivity contribution >= 4 is 26.6 Å². The number of hydrogen-bond acceptors (Lipinski definition) is 6. The molecule has 0 radical (unpaired) electrons. The number of pyridine rings is 1. The van der Waals surface area contributed by atoms with Gasteiger partial charge in [-0.2, -0.15) is 0 Å². The van der Waals surface area contributed by atoms with E-state index in [4.69, 9.17) is 4.74 Å². The molecule has 0 saturated carbocycles. The van der Waals surface area contributed by atoms with Crippen LogP contribution in [-0.2, 0) is 10.0 Å². The highest BCUT2D eigenvalue weighted by Gasteiger charge is 2.20. The number of aryl methyl sites for hydroxylation is 1. The fraction of sp³-hybridized carbons (Fsp3) is 0.0769. The summed E-state index contributed by atoms with van der Waals surface area (Å²) in [6.07, 6.45) is 2.82. The zero-order valence-corrected chi connectivity index (χ0v) is 19.6. The van der Waals surface area contributed by atoms with Gasteiger partial charge in [0, 0.05) is 28.8 Å². The zero-order valence-electron chi connectivity index (χ0n) is 18.8. The number of fused-ring (bicyclic) bond motifs is 1. The molecule has 0 bridgehead atoms. The Labute approximate surface area is 201 Å². The lowest BCUT2D eigenvalue weighted by Crippen LogP contribution is -2.13. The minimum Gasteiger partial charge on any atom is -0.496 e. The first-order valence-corrected chi connectivity index (χ1v) is 12.1. The number of nitrogens with one attached hydrogen (secondary N) is 1. The van der Waals surface area contributed by atoms with Gasteiger partial charge in [0.25, 0.3) is 10.0 Å². The van der Waals surface area contributed by atoms with Crippen LogP contribution in [0.15, 0.2) is 88.6 Å². The smallest absolute Gasteiger partial charge is 0.263 e. The van der Waals surface area contributed by atoms with Gasteiger partial charge in [0.2, 0.25) is 0 Å². The molecule has 5 rings (SSSR count). The zero-order chi connectivity index (χ0) is 24.6. The predicted octanol–water partition coefficient (Wildman–Crippen LogP) is 5.81. The van der Waals surface area contributed by atoms with Gasteiger partial charge in [-0.1, -0.05) is 41.1 Å². The molecule has 0 amide bonds. The predicted molar refractivity (Wildman–Crippen MR) is 131 cm³/mol. The van der Waals surface area contributed by atoms with Crippen LogP contribution >= 0.6 is 0 Å². The Balaban J connectivity index is 1.60. The van der Waals surface area contributed by atoms with Crippen molar-refractivity contribution in [2.24, 2.45) is 0 Å². The number of ether oxygens (including phenoxy) is 1. The number of aromatic nitrogens is 2. The van der Waals surface area contributed by atoms with Crippen molar-refractivity contribution in [3.63, 3.8) is 0 Å². The highest BCUT2D eigenvalue weighted by atomic mass is 32.2. The van der Waals surface area contributed by atoms with Crippen LogP contribution in [0.5, 0.6) is 5.75 Å². The van der Waals surface area contributed by atoms with Crippen molar-refractivity contribution in [2.45, 2.75) is 11.8 Å². The largest absolute Gasteiger partial charge is 0.496 e. The Morgan fingerprint density at radius 3 is 2.60 bits per heavy atom. The number of anilines is 1. The van der Waals surface area contributed by atoms with E-state index in [0.29, 0.717) is 33.3 Å². The van der Waals surface area contributed by atoms with Crippen LogP contribution in [0.4, 0.5) is 10.2 Å². The van der Waals surface area contributed by atoms with E-state index in [1.165, 1.54) is 37.6 Å². The first-order chi connectivity index (χ1) is 16.9. The van der Waals surface area contributed by atoms with Crippen LogP contribution < -0.4 is 9.46 Å².